The van der Waals surface area contributed by atoms with Gasteiger partial charge in [0.1, 0.15) is 5.06 Å². The molecule has 2 aliphatic carbocycles. The lowest BCUT2D eigenvalue weighted by atomic mass is 10.7. The summed E-state index contributed by atoms with van der Waals surface area (Å²) in [6, 6.07) is 0. The Bertz CT molecular complexity index is 169. The second-order valence-corrected chi connectivity index (χ2v) is 4.22. The zero-order chi connectivity index (χ0) is 7.41. The zero-order valence-electron chi connectivity index (χ0n) is 5.31. The number of hydrogen-bond acceptors (Lipinski definition) is 2. The Kier molecular flexibility index (Phi) is 1.29. The Labute approximate surface area is 69.1 Å². The molecule has 0 heterocycles. The number of hydrogen-bond donors (Lipinski definition) is 1. The Morgan fingerprint density at radius 2 is 2.00 bits per heavy atom. The maximum atomic E-state index is 9.33. The molecule has 2 nitrogen and oxygen atoms in total. The Morgan fingerprint density at radius 3 is 2.30 bits per heavy atom. The van der Waals surface area contributed by atoms with E-state index in [9.17, 15) is 5.11 Å². The summed E-state index contributed by atoms with van der Waals surface area (Å²) in [6.45, 7) is 0. The highest BCUT2D eigenvalue weighted by Crippen LogP contribution is 2.53. The first-order valence-electron chi connectivity index (χ1n) is 3.30. The van der Waals surface area contributed by atoms with Crippen molar-refractivity contribution in [3.05, 3.63) is 0 Å². The molecule has 0 aromatic rings. The molecular weight excluding hydrogens is 175 g/mol. The van der Waals surface area contributed by atoms with Crippen LogP contribution in [0.2, 0.25) is 0 Å². The molecule has 2 fully saturated rings. The summed E-state index contributed by atoms with van der Waals surface area (Å²) in [4.78, 5) is 0. The molecule has 0 saturated heterocycles. The first-order valence-corrected chi connectivity index (χ1v) is 4.11. The van der Waals surface area contributed by atoms with Gasteiger partial charge in [0.15, 0.2) is 5.79 Å². The Balaban J connectivity index is 1.91. The fraction of sp³-hybridized carbons (Fsp3) is 1.00. The van der Waals surface area contributed by atoms with E-state index in [1.54, 1.807) is 0 Å². The van der Waals surface area contributed by atoms with E-state index < -0.39 is 10.8 Å². The van der Waals surface area contributed by atoms with E-state index >= 15 is 0 Å². The maximum Gasteiger partial charge on any atom is 0.186 e. The second kappa shape index (κ2) is 1.81. The normalized spacial score (nSPS) is 48.9. The summed E-state index contributed by atoms with van der Waals surface area (Å²) < 4.78 is 5.15. The van der Waals surface area contributed by atoms with Crippen LogP contribution in [0.5, 0.6) is 0 Å². The van der Waals surface area contributed by atoms with E-state index in [2.05, 4.69) is 0 Å². The summed E-state index contributed by atoms with van der Waals surface area (Å²) in [5.74, 6) is -1.11. The molecule has 2 rings (SSSR count). The van der Waals surface area contributed by atoms with Crippen LogP contribution < -0.4 is 0 Å². The van der Waals surface area contributed by atoms with Gasteiger partial charge in [0.05, 0.1) is 5.38 Å². The van der Waals surface area contributed by atoms with Crippen molar-refractivity contribution in [1.82, 2.24) is 0 Å². The van der Waals surface area contributed by atoms with E-state index in [1.165, 1.54) is 0 Å². The van der Waals surface area contributed by atoms with Gasteiger partial charge in [-0.15, -0.1) is 11.6 Å². The number of alkyl halides is 2. The summed E-state index contributed by atoms with van der Waals surface area (Å²) in [5, 5.41) is 8.49. The van der Waals surface area contributed by atoms with Gasteiger partial charge >= 0.3 is 0 Å². The van der Waals surface area contributed by atoms with E-state index in [-0.39, 0.29) is 5.38 Å². The van der Waals surface area contributed by atoms with Crippen LogP contribution in [0.4, 0.5) is 0 Å². The fourth-order valence-electron chi connectivity index (χ4n) is 0.821. The van der Waals surface area contributed by atoms with Crippen LogP contribution in [-0.2, 0) is 4.74 Å². The second-order valence-electron chi connectivity index (χ2n) is 3.00. The molecule has 0 aliphatic heterocycles. The molecule has 0 radical (unpaired) electrons. The first-order chi connectivity index (χ1) is 4.54. The van der Waals surface area contributed by atoms with Crippen LogP contribution in [-0.4, -0.2) is 21.3 Å². The quantitative estimate of drug-likeness (QED) is 0.518. The first kappa shape index (κ1) is 7.17. The fourth-order valence-corrected chi connectivity index (χ4v) is 1.31. The minimum absolute atomic E-state index is 0.260. The number of aliphatic hydroxyl groups is 1. The van der Waals surface area contributed by atoms with E-state index in [0.29, 0.717) is 6.42 Å². The van der Waals surface area contributed by atoms with Crippen molar-refractivity contribution in [3.8, 4) is 0 Å². The molecule has 1 N–H and O–H groups in total. The van der Waals surface area contributed by atoms with Gasteiger partial charge in [0.2, 0.25) is 0 Å². The van der Waals surface area contributed by atoms with Crippen LogP contribution in [0.3, 0.4) is 0 Å². The lowest BCUT2D eigenvalue weighted by Gasteiger charge is -2.13. The van der Waals surface area contributed by atoms with Gasteiger partial charge in [-0.2, -0.15) is 0 Å². The number of rotatable bonds is 2. The Morgan fingerprint density at radius 1 is 1.50 bits per heavy atom. The van der Waals surface area contributed by atoms with Crippen LogP contribution in [0.1, 0.15) is 19.3 Å². The molecule has 2 saturated carbocycles. The smallest absolute Gasteiger partial charge is 0.186 e. The molecule has 4 heteroatoms. The van der Waals surface area contributed by atoms with Crippen molar-refractivity contribution in [2.75, 3.05) is 0 Å². The third-order valence-corrected chi connectivity index (χ3v) is 2.75. The summed E-state index contributed by atoms with van der Waals surface area (Å²) in [5.41, 5.74) is 0. The average molecular weight is 183 g/mol. The van der Waals surface area contributed by atoms with Crippen molar-refractivity contribution in [3.63, 3.8) is 0 Å². The van der Waals surface area contributed by atoms with Gasteiger partial charge in [0, 0.05) is 6.42 Å². The minimum Gasteiger partial charge on any atom is -0.364 e. The molecule has 0 spiro atoms. The van der Waals surface area contributed by atoms with E-state index in [4.69, 9.17) is 27.9 Å². The van der Waals surface area contributed by atoms with E-state index in [1.807, 2.05) is 0 Å². The predicted molar refractivity (Wildman–Crippen MR) is 38.1 cm³/mol. The molecule has 2 aliphatic rings. The van der Waals surface area contributed by atoms with Gasteiger partial charge in [-0.1, -0.05) is 11.6 Å². The third kappa shape index (κ3) is 1.14. The highest BCUT2D eigenvalue weighted by molar-refractivity contribution is 6.25. The number of halogens is 2. The number of ether oxygens (including phenoxy) is 1. The van der Waals surface area contributed by atoms with Crippen molar-refractivity contribution in [2.24, 2.45) is 0 Å². The van der Waals surface area contributed by atoms with Crippen LogP contribution in [0.25, 0.3) is 0 Å². The van der Waals surface area contributed by atoms with Crippen molar-refractivity contribution >= 4 is 23.2 Å². The topological polar surface area (TPSA) is 29.5 Å². The minimum atomic E-state index is -1.11. The highest BCUT2D eigenvalue weighted by atomic mass is 35.5. The van der Waals surface area contributed by atoms with Gasteiger partial charge in [-0.25, -0.2) is 0 Å². The third-order valence-electron chi connectivity index (χ3n) is 1.80. The van der Waals surface area contributed by atoms with Crippen LogP contribution >= 0.6 is 23.2 Å². The van der Waals surface area contributed by atoms with Crippen molar-refractivity contribution in [2.45, 2.75) is 35.5 Å². The summed E-state index contributed by atoms with van der Waals surface area (Å²) in [6.07, 6.45) is 2.14. The monoisotopic (exact) mass is 182 g/mol. The molecule has 0 bridgehead atoms. The molecule has 2 atom stereocenters. The maximum absolute atomic E-state index is 9.33. The van der Waals surface area contributed by atoms with E-state index in [0.717, 1.165) is 12.8 Å². The zero-order valence-corrected chi connectivity index (χ0v) is 6.82. The van der Waals surface area contributed by atoms with Crippen molar-refractivity contribution in [1.29, 1.82) is 0 Å². The highest BCUT2D eigenvalue weighted by Gasteiger charge is 2.60. The van der Waals surface area contributed by atoms with Gasteiger partial charge in [-0.3, -0.25) is 0 Å². The summed E-state index contributed by atoms with van der Waals surface area (Å²) >= 11 is 11.4. The molecule has 2 unspecified atom stereocenters. The molecule has 0 aromatic heterocycles. The van der Waals surface area contributed by atoms with Crippen LogP contribution in [0.15, 0.2) is 0 Å². The molecular formula is C6H8Cl2O2. The molecule has 58 valence electrons. The van der Waals surface area contributed by atoms with Gasteiger partial charge < -0.3 is 9.84 Å². The van der Waals surface area contributed by atoms with Crippen molar-refractivity contribution < 1.29 is 9.84 Å². The van der Waals surface area contributed by atoms with Gasteiger partial charge in [-0.05, 0) is 12.8 Å². The molecule has 10 heavy (non-hydrogen) atoms. The SMILES string of the molecule is OC1(OC2(Cl)CC2)CC1Cl. The average Bonchev–Trinajstić information content (AvgIpc) is 2.57. The lowest BCUT2D eigenvalue weighted by molar-refractivity contribution is -0.144. The van der Waals surface area contributed by atoms with Gasteiger partial charge in [0.25, 0.3) is 0 Å². The predicted octanol–water partition coefficient (Wildman–Crippen LogP) is 1.43. The largest absolute Gasteiger partial charge is 0.364 e. The molecule has 0 aromatic carbocycles. The molecule has 0 amide bonds. The Hall–Kier alpha value is 0.500. The standard InChI is InChI=1S/C6H8Cl2O2/c7-4-3-6(4,9)10-5(8)1-2-5/h4,9H,1-3H2. The lowest BCUT2D eigenvalue weighted by Crippen LogP contribution is -2.22. The van der Waals surface area contributed by atoms with Crippen LogP contribution in [0, 0.1) is 0 Å². The summed E-state index contributed by atoms with van der Waals surface area (Å²) in [7, 11) is 0.